The molecule has 94 valence electrons. The summed E-state index contributed by atoms with van der Waals surface area (Å²) in [6, 6.07) is 10.7. The van der Waals surface area contributed by atoms with Gasteiger partial charge in [-0.25, -0.2) is 0 Å². The maximum absolute atomic E-state index is 5.69. The van der Waals surface area contributed by atoms with Crippen molar-refractivity contribution >= 4 is 22.9 Å². The highest BCUT2D eigenvalue weighted by molar-refractivity contribution is 7.11. The first-order valence-electron chi connectivity index (χ1n) is 6.31. The summed E-state index contributed by atoms with van der Waals surface area (Å²) in [6.07, 6.45) is 3.17. The molecule has 2 unspecified atom stereocenters. The summed E-state index contributed by atoms with van der Waals surface area (Å²) < 4.78 is 0. The molecular weight excluding hydrogens is 264 g/mol. The third-order valence-corrected chi connectivity index (χ3v) is 4.72. The molecule has 1 fully saturated rings. The fraction of sp³-hybridized carbons (Fsp3) is 0.429. The molecule has 18 heavy (non-hydrogen) atoms. The molecule has 0 bridgehead atoms. The Kier molecular flexibility index (Phi) is 3.62. The maximum Gasteiger partial charge on any atom is 0.121 e. The minimum atomic E-state index is 0.592. The van der Waals surface area contributed by atoms with E-state index in [1.165, 1.54) is 17.0 Å². The highest BCUT2D eigenvalue weighted by Crippen LogP contribution is 2.55. The summed E-state index contributed by atoms with van der Waals surface area (Å²) in [5.41, 5.74) is 1.43. The molecule has 0 amide bonds. The molecule has 2 aromatic rings. The van der Waals surface area contributed by atoms with Crippen molar-refractivity contribution in [1.29, 1.82) is 0 Å². The van der Waals surface area contributed by atoms with Crippen LogP contribution in [0.1, 0.15) is 40.3 Å². The second-order valence-corrected chi connectivity index (χ2v) is 6.16. The minimum Gasteiger partial charge on any atom is -0.144 e. The molecule has 1 heterocycles. The Balaban J connectivity index is 1.65. The molecule has 3 rings (SSSR count). The largest absolute Gasteiger partial charge is 0.144 e. The van der Waals surface area contributed by atoms with Crippen LogP contribution in [0.3, 0.4) is 0 Å². The average Bonchev–Trinajstić information content (AvgIpc) is 3.09. The summed E-state index contributed by atoms with van der Waals surface area (Å²) in [6.45, 7) is 0. The fourth-order valence-electron chi connectivity index (χ4n) is 2.27. The zero-order chi connectivity index (χ0) is 12.4. The highest BCUT2D eigenvalue weighted by atomic mass is 35.5. The molecule has 0 spiro atoms. The van der Waals surface area contributed by atoms with E-state index in [4.69, 9.17) is 11.6 Å². The molecule has 0 saturated heterocycles. The number of aryl methyl sites for hydroxylation is 1. The van der Waals surface area contributed by atoms with Crippen LogP contribution < -0.4 is 0 Å². The van der Waals surface area contributed by atoms with E-state index in [0.29, 0.717) is 17.7 Å². The van der Waals surface area contributed by atoms with E-state index in [2.05, 4.69) is 40.5 Å². The normalized spacial score (nSPS) is 22.1. The average molecular weight is 279 g/mol. The second-order valence-electron chi connectivity index (χ2n) is 4.69. The van der Waals surface area contributed by atoms with Crippen LogP contribution >= 0.6 is 22.9 Å². The van der Waals surface area contributed by atoms with Gasteiger partial charge in [-0.3, -0.25) is 0 Å². The first kappa shape index (κ1) is 12.1. The van der Waals surface area contributed by atoms with Gasteiger partial charge in [-0.15, -0.1) is 33.1 Å². The van der Waals surface area contributed by atoms with Crippen molar-refractivity contribution in [3.8, 4) is 0 Å². The van der Waals surface area contributed by atoms with Gasteiger partial charge in [0.1, 0.15) is 10.0 Å². The topological polar surface area (TPSA) is 25.8 Å². The smallest absolute Gasteiger partial charge is 0.121 e. The number of aromatic nitrogens is 2. The van der Waals surface area contributed by atoms with Gasteiger partial charge in [0.05, 0.1) is 0 Å². The molecule has 1 aromatic carbocycles. The number of halogens is 1. The summed E-state index contributed by atoms with van der Waals surface area (Å²) in [7, 11) is 0. The Bertz CT molecular complexity index is 512. The third kappa shape index (κ3) is 2.57. The van der Waals surface area contributed by atoms with Gasteiger partial charge < -0.3 is 0 Å². The first-order chi connectivity index (χ1) is 8.88. The first-order valence-corrected chi connectivity index (χ1v) is 7.67. The molecular formula is C14H15ClN2S. The van der Waals surface area contributed by atoms with E-state index in [1.54, 1.807) is 11.3 Å². The summed E-state index contributed by atoms with van der Waals surface area (Å²) in [5.74, 6) is 1.94. The van der Waals surface area contributed by atoms with Gasteiger partial charge in [0.25, 0.3) is 0 Å². The van der Waals surface area contributed by atoms with E-state index in [9.17, 15) is 0 Å². The Hall–Kier alpha value is -0.930. The van der Waals surface area contributed by atoms with Gasteiger partial charge in [0.15, 0.2) is 0 Å². The Morgan fingerprint density at radius 2 is 2.00 bits per heavy atom. The van der Waals surface area contributed by atoms with E-state index < -0.39 is 0 Å². The zero-order valence-electron chi connectivity index (χ0n) is 10.1. The Morgan fingerprint density at radius 1 is 1.17 bits per heavy atom. The van der Waals surface area contributed by atoms with E-state index in [-0.39, 0.29) is 0 Å². The predicted octanol–water partition coefficient (Wildman–Crippen LogP) is 3.98. The summed E-state index contributed by atoms with van der Waals surface area (Å²) >= 11 is 7.45. The van der Waals surface area contributed by atoms with Gasteiger partial charge in [-0.2, -0.15) is 0 Å². The van der Waals surface area contributed by atoms with Crippen LogP contribution in [-0.4, -0.2) is 16.1 Å². The van der Waals surface area contributed by atoms with Crippen molar-refractivity contribution in [2.24, 2.45) is 0 Å². The van der Waals surface area contributed by atoms with Crippen LogP contribution in [-0.2, 0) is 6.42 Å². The monoisotopic (exact) mass is 278 g/mol. The molecule has 4 heteroatoms. The number of rotatable bonds is 5. The van der Waals surface area contributed by atoms with E-state index >= 15 is 0 Å². The molecule has 1 aliphatic carbocycles. The number of hydrogen-bond acceptors (Lipinski definition) is 3. The highest BCUT2D eigenvalue weighted by Gasteiger charge is 2.41. The van der Waals surface area contributed by atoms with Crippen molar-refractivity contribution in [2.45, 2.75) is 31.1 Å². The summed E-state index contributed by atoms with van der Waals surface area (Å²) in [4.78, 5) is 0. The number of hydrogen-bond donors (Lipinski definition) is 0. The molecule has 0 radical (unpaired) electrons. The number of alkyl halides is 1. The quantitative estimate of drug-likeness (QED) is 0.773. The predicted molar refractivity (Wildman–Crippen MR) is 75.5 cm³/mol. The van der Waals surface area contributed by atoms with Crippen LogP contribution in [0.15, 0.2) is 30.3 Å². The molecule has 2 nitrogen and oxygen atoms in total. The molecule has 1 aliphatic rings. The van der Waals surface area contributed by atoms with Gasteiger partial charge in [0, 0.05) is 18.2 Å². The van der Waals surface area contributed by atoms with Crippen LogP contribution in [0.2, 0.25) is 0 Å². The van der Waals surface area contributed by atoms with Crippen LogP contribution in [0.4, 0.5) is 0 Å². The van der Waals surface area contributed by atoms with Gasteiger partial charge in [-0.1, -0.05) is 30.3 Å². The van der Waals surface area contributed by atoms with Gasteiger partial charge in [0.2, 0.25) is 0 Å². The lowest BCUT2D eigenvalue weighted by Gasteiger charge is -1.96. The van der Waals surface area contributed by atoms with Crippen molar-refractivity contribution in [2.75, 3.05) is 5.88 Å². The number of nitrogens with zero attached hydrogens (tertiary/aromatic N) is 2. The Labute approximate surface area is 116 Å². The van der Waals surface area contributed by atoms with Crippen molar-refractivity contribution in [1.82, 2.24) is 10.2 Å². The molecule has 0 N–H and O–H groups in total. The minimum absolute atomic E-state index is 0.592. The van der Waals surface area contributed by atoms with Crippen molar-refractivity contribution in [3.05, 3.63) is 45.9 Å². The van der Waals surface area contributed by atoms with Crippen molar-refractivity contribution < 1.29 is 0 Å². The lowest BCUT2D eigenvalue weighted by Crippen LogP contribution is -1.84. The van der Waals surface area contributed by atoms with Crippen LogP contribution in [0.25, 0.3) is 0 Å². The molecule has 1 aromatic heterocycles. The molecule has 0 aliphatic heterocycles. The van der Waals surface area contributed by atoms with Crippen LogP contribution in [0, 0.1) is 0 Å². The van der Waals surface area contributed by atoms with E-state index in [0.717, 1.165) is 17.8 Å². The molecule has 2 atom stereocenters. The maximum atomic E-state index is 5.69. The summed E-state index contributed by atoms with van der Waals surface area (Å²) in [5, 5.41) is 10.9. The lowest BCUT2D eigenvalue weighted by atomic mass is 10.1. The molecule has 1 saturated carbocycles. The third-order valence-electron chi connectivity index (χ3n) is 3.34. The van der Waals surface area contributed by atoms with E-state index in [1.807, 2.05) is 0 Å². The van der Waals surface area contributed by atoms with Gasteiger partial charge >= 0.3 is 0 Å². The Morgan fingerprint density at radius 3 is 2.78 bits per heavy atom. The standard InChI is InChI=1S/C14H15ClN2S/c15-8-4-7-13-16-17-14(18-13)12-9-11(12)10-5-2-1-3-6-10/h1-3,5-6,11-12H,4,7-9H2. The van der Waals surface area contributed by atoms with Crippen LogP contribution in [0.5, 0.6) is 0 Å². The van der Waals surface area contributed by atoms with Crippen molar-refractivity contribution in [3.63, 3.8) is 0 Å². The fourth-order valence-corrected chi connectivity index (χ4v) is 3.47. The zero-order valence-corrected chi connectivity index (χ0v) is 11.6. The van der Waals surface area contributed by atoms with Gasteiger partial charge in [-0.05, 0) is 24.3 Å². The second kappa shape index (κ2) is 5.37. The lowest BCUT2D eigenvalue weighted by molar-refractivity contribution is 0.865. The SMILES string of the molecule is ClCCCc1nnc(C2CC2c2ccccc2)s1. The number of benzene rings is 1.